The highest BCUT2D eigenvalue weighted by atomic mass is 16.4. The summed E-state index contributed by atoms with van der Waals surface area (Å²) in [5, 5.41) is 11.5. The quantitative estimate of drug-likeness (QED) is 0.584. The topological polar surface area (TPSA) is 69.6 Å². The summed E-state index contributed by atoms with van der Waals surface area (Å²) in [5.41, 5.74) is 0. The van der Waals surface area contributed by atoms with E-state index in [0.29, 0.717) is 13.1 Å². The molecule has 0 aromatic heterocycles. The number of hydrogen-bond acceptors (Lipinski definition) is 3. The molecule has 14 heavy (non-hydrogen) atoms. The zero-order valence-electron chi connectivity index (χ0n) is 8.06. The van der Waals surface area contributed by atoms with Crippen LogP contribution >= 0.6 is 0 Å². The summed E-state index contributed by atoms with van der Waals surface area (Å²) in [7, 11) is 0. The molecule has 0 aliphatic carbocycles. The van der Waals surface area contributed by atoms with Crippen molar-refractivity contribution in [1.82, 2.24) is 10.2 Å². The highest BCUT2D eigenvalue weighted by Gasteiger charge is 2.18. The highest BCUT2D eigenvalue weighted by Crippen LogP contribution is 1.99. The first-order valence-corrected chi connectivity index (χ1v) is 4.53. The van der Waals surface area contributed by atoms with Crippen LogP contribution in [0.1, 0.15) is 6.92 Å². The van der Waals surface area contributed by atoms with Crippen LogP contribution in [-0.2, 0) is 9.59 Å². The van der Waals surface area contributed by atoms with Crippen molar-refractivity contribution in [2.45, 2.75) is 13.0 Å². The molecule has 78 valence electrons. The maximum absolute atomic E-state index is 11.4. The van der Waals surface area contributed by atoms with Gasteiger partial charge in [0, 0.05) is 37.8 Å². The molecule has 0 aromatic rings. The lowest BCUT2D eigenvalue weighted by Gasteiger charge is -2.31. The third kappa shape index (κ3) is 3.18. The summed E-state index contributed by atoms with van der Waals surface area (Å²) in [6, 6.07) is 0.269. The van der Waals surface area contributed by atoms with Crippen LogP contribution < -0.4 is 5.32 Å². The van der Waals surface area contributed by atoms with Gasteiger partial charge in [-0.3, -0.25) is 4.79 Å². The highest BCUT2D eigenvalue weighted by molar-refractivity contribution is 5.93. The summed E-state index contributed by atoms with van der Waals surface area (Å²) >= 11 is 0. The molecule has 1 amide bonds. The zero-order valence-corrected chi connectivity index (χ0v) is 8.06. The number of aliphatic carboxylic acids is 1. The molecule has 1 aliphatic rings. The fourth-order valence-electron chi connectivity index (χ4n) is 1.38. The number of amides is 1. The lowest BCUT2D eigenvalue weighted by Crippen LogP contribution is -2.50. The molecule has 1 rings (SSSR count). The van der Waals surface area contributed by atoms with Crippen molar-refractivity contribution in [3.63, 3.8) is 0 Å². The maximum atomic E-state index is 11.4. The van der Waals surface area contributed by atoms with E-state index in [4.69, 9.17) is 5.11 Å². The third-order valence-electron chi connectivity index (χ3n) is 2.05. The van der Waals surface area contributed by atoms with Crippen LogP contribution in [0.25, 0.3) is 0 Å². The van der Waals surface area contributed by atoms with Gasteiger partial charge in [-0.2, -0.15) is 0 Å². The summed E-state index contributed by atoms with van der Waals surface area (Å²) in [5.74, 6) is -1.33. The molecule has 1 saturated heterocycles. The Morgan fingerprint density at radius 3 is 2.79 bits per heavy atom. The van der Waals surface area contributed by atoms with Crippen molar-refractivity contribution in [2.24, 2.45) is 0 Å². The standard InChI is InChI=1S/C9H14N2O3/c1-7-6-11(5-4-10-7)8(12)2-3-9(13)14/h2-3,7,10H,4-6H2,1H3,(H,13,14)/b3-2+. The first-order valence-electron chi connectivity index (χ1n) is 4.53. The number of carbonyl (C=O) groups is 2. The van der Waals surface area contributed by atoms with Gasteiger partial charge in [0.2, 0.25) is 5.91 Å². The van der Waals surface area contributed by atoms with E-state index in [2.05, 4.69) is 5.32 Å². The van der Waals surface area contributed by atoms with Gasteiger partial charge in [-0.15, -0.1) is 0 Å². The van der Waals surface area contributed by atoms with E-state index < -0.39 is 5.97 Å². The van der Waals surface area contributed by atoms with E-state index in [1.807, 2.05) is 6.92 Å². The molecular weight excluding hydrogens is 184 g/mol. The number of piperazine rings is 1. The first kappa shape index (κ1) is 10.7. The van der Waals surface area contributed by atoms with Crippen molar-refractivity contribution in [2.75, 3.05) is 19.6 Å². The van der Waals surface area contributed by atoms with Crippen molar-refractivity contribution in [3.8, 4) is 0 Å². The number of carboxylic acid groups (broad SMARTS) is 1. The molecular formula is C9H14N2O3. The predicted molar refractivity (Wildman–Crippen MR) is 50.8 cm³/mol. The fraction of sp³-hybridized carbons (Fsp3) is 0.556. The van der Waals surface area contributed by atoms with Gasteiger partial charge in [0.25, 0.3) is 0 Å². The largest absolute Gasteiger partial charge is 0.478 e. The molecule has 0 spiro atoms. The Bertz CT molecular complexity index is 263. The average molecular weight is 198 g/mol. The number of carboxylic acids is 1. The van der Waals surface area contributed by atoms with E-state index in [9.17, 15) is 9.59 Å². The van der Waals surface area contributed by atoms with Gasteiger partial charge in [-0.25, -0.2) is 4.79 Å². The Balaban J connectivity index is 2.47. The molecule has 0 bridgehead atoms. The molecule has 1 atom stereocenters. The van der Waals surface area contributed by atoms with E-state index in [1.54, 1.807) is 4.90 Å². The van der Waals surface area contributed by atoms with Crippen molar-refractivity contribution in [3.05, 3.63) is 12.2 Å². The van der Waals surface area contributed by atoms with E-state index in [-0.39, 0.29) is 11.9 Å². The Labute approximate surface area is 82.4 Å². The van der Waals surface area contributed by atoms with Crippen LogP contribution in [0.3, 0.4) is 0 Å². The molecule has 1 fully saturated rings. The minimum absolute atomic E-state index is 0.235. The molecule has 0 saturated carbocycles. The molecule has 1 unspecified atom stereocenters. The van der Waals surface area contributed by atoms with Crippen molar-refractivity contribution in [1.29, 1.82) is 0 Å². The summed E-state index contributed by atoms with van der Waals surface area (Å²) < 4.78 is 0. The minimum Gasteiger partial charge on any atom is -0.478 e. The number of carbonyl (C=O) groups excluding carboxylic acids is 1. The summed E-state index contributed by atoms with van der Waals surface area (Å²) in [4.78, 5) is 23.2. The van der Waals surface area contributed by atoms with E-state index in [0.717, 1.165) is 18.7 Å². The normalized spacial score (nSPS) is 22.6. The number of rotatable bonds is 2. The Kier molecular flexibility index (Phi) is 3.64. The third-order valence-corrected chi connectivity index (χ3v) is 2.05. The number of nitrogens with zero attached hydrogens (tertiary/aromatic N) is 1. The number of hydrogen-bond donors (Lipinski definition) is 2. The Hall–Kier alpha value is -1.36. The monoisotopic (exact) mass is 198 g/mol. The van der Waals surface area contributed by atoms with Crippen LogP contribution in [0.5, 0.6) is 0 Å². The lowest BCUT2D eigenvalue weighted by molar-refractivity contribution is -0.132. The van der Waals surface area contributed by atoms with E-state index in [1.165, 1.54) is 0 Å². The molecule has 5 heteroatoms. The second kappa shape index (κ2) is 4.76. The van der Waals surface area contributed by atoms with Gasteiger partial charge in [0.05, 0.1) is 0 Å². The van der Waals surface area contributed by atoms with Crippen molar-refractivity contribution >= 4 is 11.9 Å². The second-order valence-corrected chi connectivity index (χ2v) is 3.31. The van der Waals surface area contributed by atoms with Gasteiger partial charge in [0.15, 0.2) is 0 Å². The van der Waals surface area contributed by atoms with Crippen LogP contribution in [0, 0.1) is 0 Å². The SMILES string of the molecule is CC1CN(C(=O)/C=C/C(=O)O)CCN1. The summed E-state index contributed by atoms with van der Waals surface area (Å²) in [6.45, 7) is 4.00. The van der Waals surface area contributed by atoms with Gasteiger partial charge >= 0.3 is 5.97 Å². The van der Waals surface area contributed by atoms with Gasteiger partial charge < -0.3 is 15.3 Å². The smallest absolute Gasteiger partial charge is 0.328 e. The summed E-state index contributed by atoms with van der Waals surface area (Å²) in [6.07, 6.45) is 1.97. The maximum Gasteiger partial charge on any atom is 0.328 e. The Morgan fingerprint density at radius 2 is 2.21 bits per heavy atom. The second-order valence-electron chi connectivity index (χ2n) is 3.31. The molecule has 2 N–H and O–H groups in total. The minimum atomic E-state index is -1.10. The first-order chi connectivity index (χ1) is 6.59. The van der Waals surface area contributed by atoms with Crippen LogP contribution in [0.4, 0.5) is 0 Å². The van der Waals surface area contributed by atoms with Crippen LogP contribution in [-0.4, -0.2) is 47.6 Å². The Morgan fingerprint density at radius 1 is 1.50 bits per heavy atom. The van der Waals surface area contributed by atoms with Gasteiger partial charge in [-0.1, -0.05) is 0 Å². The molecule has 0 aromatic carbocycles. The van der Waals surface area contributed by atoms with E-state index >= 15 is 0 Å². The number of nitrogens with one attached hydrogen (secondary N) is 1. The van der Waals surface area contributed by atoms with Gasteiger partial charge in [-0.05, 0) is 6.92 Å². The fourth-order valence-corrected chi connectivity index (χ4v) is 1.38. The molecule has 1 aliphatic heterocycles. The van der Waals surface area contributed by atoms with Crippen molar-refractivity contribution < 1.29 is 14.7 Å². The van der Waals surface area contributed by atoms with Crippen LogP contribution in [0.2, 0.25) is 0 Å². The molecule has 1 heterocycles. The zero-order chi connectivity index (χ0) is 10.6. The predicted octanol–water partition coefficient (Wildman–Crippen LogP) is -0.552. The molecule has 5 nitrogen and oxygen atoms in total. The molecule has 0 radical (unpaired) electrons. The van der Waals surface area contributed by atoms with Gasteiger partial charge in [0.1, 0.15) is 0 Å². The van der Waals surface area contributed by atoms with Crippen LogP contribution in [0.15, 0.2) is 12.2 Å². The lowest BCUT2D eigenvalue weighted by atomic mass is 10.2. The average Bonchev–Trinajstić information content (AvgIpc) is 2.14.